The lowest BCUT2D eigenvalue weighted by atomic mass is 9.98. The number of halogens is 1. The monoisotopic (exact) mass is 492 g/mol. The lowest BCUT2D eigenvalue weighted by Crippen LogP contribution is -2.38. The summed E-state index contributed by atoms with van der Waals surface area (Å²) in [4.78, 5) is 36.1. The zero-order chi connectivity index (χ0) is 24.9. The second kappa shape index (κ2) is 10.6. The van der Waals surface area contributed by atoms with E-state index in [2.05, 4.69) is 34.9 Å². The van der Waals surface area contributed by atoms with Gasteiger partial charge in [-0.3, -0.25) is 4.79 Å². The third-order valence-electron chi connectivity index (χ3n) is 6.08. The Morgan fingerprint density at radius 3 is 2.20 bits per heavy atom. The van der Waals surface area contributed by atoms with E-state index in [9.17, 15) is 14.4 Å². The highest BCUT2D eigenvalue weighted by atomic mass is 35.5. The van der Waals surface area contributed by atoms with Crippen LogP contribution in [-0.2, 0) is 9.53 Å². The molecular weight excluding hydrogens is 468 g/mol. The zero-order valence-electron chi connectivity index (χ0n) is 19.1. The number of benzene rings is 3. The molecule has 3 N–H and O–H groups in total. The van der Waals surface area contributed by atoms with Crippen molar-refractivity contribution in [2.45, 2.75) is 31.7 Å². The molecule has 0 saturated carbocycles. The molecule has 35 heavy (non-hydrogen) atoms. The van der Waals surface area contributed by atoms with Gasteiger partial charge in [-0.2, -0.15) is 0 Å². The van der Waals surface area contributed by atoms with Gasteiger partial charge in [-0.05, 0) is 46.9 Å². The Labute approximate surface area is 208 Å². The minimum Gasteiger partial charge on any atom is -0.478 e. The van der Waals surface area contributed by atoms with E-state index in [-0.39, 0.29) is 35.4 Å². The largest absolute Gasteiger partial charge is 0.478 e. The molecule has 0 aliphatic heterocycles. The molecule has 8 heteroatoms. The Morgan fingerprint density at radius 2 is 1.63 bits per heavy atom. The van der Waals surface area contributed by atoms with Crippen LogP contribution in [0.1, 0.15) is 47.2 Å². The molecule has 4 rings (SSSR count). The number of fused-ring (bicyclic) bond motifs is 3. The molecule has 0 unspecified atom stereocenters. The Balaban J connectivity index is 1.33. The molecule has 180 valence electrons. The van der Waals surface area contributed by atoms with Crippen LogP contribution in [0, 0.1) is 0 Å². The molecule has 0 heterocycles. The van der Waals surface area contributed by atoms with Gasteiger partial charge in [0, 0.05) is 18.4 Å². The van der Waals surface area contributed by atoms with Crippen molar-refractivity contribution >= 4 is 35.3 Å². The average Bonchev–Trinajstić information content (AvgIpc) is 3.17. The minimum absolute atomic E-state index is 0.0116. The van der Waals surface area contributed by atoms with Crippen molar-refractivity contribution in [2.75, 3.05) is 11.9 Å². The molecule has 3 aromatic carbocycles. The van der Waals surface area contributed by atoms with E-state index in [1.54, 1.807) is 0 Å². The number of hydrogen-bond acceptors (Lipinski definition) is 4. The number of carboxylic acid groups (broad SMARTS) is 1. The van der Waals surface area contributed by atoms with Gasteiger partial charge < -0.3 is 20.5 Å². The standard InChI is InChI=1S/C27H25ClN2O5/c1-2-17(14-25(31)30-24-12-11-16(26(32)33)13-23(24)28)29-27(34)35-15-22-20-9-5-3-7-18(20)19-8-4-6-10-21(19)22/h3-13,17,22H,2,14-15H2,1H3,(H,29,34)(H,30,31)(H,32,33)/t17-/m1/s1. The van der Waals surface area contributed by atoms with Crippen LogP contribution in [0.5, 0.6) is 0 Å². The maximum absolute atomic E-state index is 12.5. The Bertz CT molecular complexity index is 1230. The summed E-state index contributed by atoms with van der Waals surface area (Å²) in [6.45, 7) is 2.05. The van der Waals surface area contributed by atoms with Crippen LogP contribution in [0.4, 0.5) is 10.5 Å². The first-order valence-corrected chi connectivity index (χ1v) is 11.7. The second-order valence-corrected chi connectivity index (χ2v) is 8.73. The lowest BCUT2D eigenvalue weighted by Gasteiger charge is -2.19. The van der Waals surface area contributed by atoms with Crippen molar-refractivity contribution < 1.29 is 24.2 Å². The minimum atomic E-state index is -1.11. The molecule has 1 aliphatic rings. The van der Waals surface area contributed by atoms with Crippen LogP contribution < -0.4 is 10.6 Å². The van der Waals surface area contributed by atoms with Crippen molar-refractivity contribution in [1.82, 2.24) is 5.32 Å². The van der Waals surface area contributed by atoms with Crippen LogP contribution >= 0.6 is 11.6 Å². The number of anilines is 1. The summed E-state index contributed by atoms with van der Waals surface area (Å²) in [5.74, 6) is -1.52. The highest BCUT2D eigenvalue weighted by Crippen LogP contribution is 2.44. The molecule has 2 amide bonds. The maximum Gasteiger partial charge on any atom is 0.407 e. The number of amides is 2. The van der Waals surface area contributed by atoms with E-state index >= 15 is 0 Å². The number of hydrogen-bond donors (Lipinski definition) is 3. The second-order valence-electron chi connectivity index (χ2n) is 8.33. The third-order valence-corrected chi connectivity index (χ3v) is 6.39. The molecule has 0 spiro atoms. The third kappa shape index (κ3) is 5.46. The number of carboxylic acids is 1. The molecule has 3 aromatic rings. The number of aromatic carboxylic acids is 1. The normalized spacial score (nSPS) is 12.9. The van der Waals surface area contributed by atoms with Crippen LogP contribution in [0.15, 0.2) is 66.7 Å². The van der Waals surface area contributed by atoms with Gasteiger partial charge in [-0.1, -0.05) is 67.1 Å². The van der Waals surface area contributed by atoms with Crippen molar-refractivity contribution in [3.63, 3.8) is 0 Å². The first kappa shape index (κ1) is 24.3. The molecule has 7 nitrogen and oxygen atoms in total. The van der Waals surface area contributed by atoms with Crippen LogP contribution in [0.2, 0.25) is 5.02 Å². The summed E-state index contributed by atoms with van der Waals surface area (Å²) in [6.07, 6.45) is -0.0589. The van der Waals surface area contributed by atoms with Gasteiger partial charge in [-0.15, -0.1) is 0 Å². The number of ether oxygens (including phenoxy) is 1. The predicted molar refractivity (Wildman–Crippen MR) is 134 cm³/mol. The van der Waals surface area contributed by atoms with Gasteiger partial charge >= 0.3 is 12.1 Å². The topological polar surface area (TPSA) is 105 Å². The zero-order valence-corrected chi connectivity index (χ0v) is 19.8. The smallest absolute Gasteiger partial charge is 0.407 e. The SMILES string of the molecule is CC[C@H](CC(=O)Nc1ccc(C(=O)O)cc1Cl)NC(=O)OCC1c2ccccc2-c2ccccc21. The fourth-order valence-corrected chi connectivity index (χ4v) is 4.51. The fraction of sp³-hybridized carbons (Fsp3) is 0.222. The molecule has 1 atom stereocenters. The maximum atomic E-state index is 12.5. The first-order chi connectivity index (χ1) is 16.9. The van der Waals surface area contributed by atoms with Crippen molar-refractivity contribution in [2.24, 2.45) is 0 Å². The Morgan fingerprint density at radius 1 is 1.00 bits per heavy atom. The highest BCUT2D eigenvalue weighted by molar-refractivity contribution is 6.34. The highest BCUT2D eigenvalue weighted by Gasteiger charge is 2.29. The van der Waals surface area contributed by atoms with E-state index in [4.69, 9.17) is 21.4 Å². The molecular formula is C27H25ClN2O5. The van der Waals surface area contributed by atoms with Crippen LogP contribution in [0.3, 0.4) is 0 Å². The summed E-state index contributed by atoms with van der Waals surface area (Å²) < 4.78 is 5.57. The quantitative estimate of drug-likeness (QED) is 0.375. The van der Waals surface area contributed by atoms with E-state index in [1.807, 2.05) is 31.2 Å². The van der Waals surface area contributed by atoms with Gasteiger partial charge in [0.2, 0.25) is 5.91 Å². The fourth-order valence-electron chi connectivity index (χ4n) is 4.28. The van der Waals surface area contributed by atoms with Gasteiger partial charge in [0.15, 0.2) is 0 Å². The number of alkyl carbamates (subject to hydrolysis) is 1. The number of nitrogens with one attached hydrogen (secondary N) is 2. The summed E-state index contributed by atoms with van der Waals surface area (Å²) in [5, 5.41) is 14.6. The van der Waals surface area contributed by atoms with Gasteiger partial charge in [-0.25, -0.2) is 9.59 Å². The predicted octanol–water partition coefficient (Wildman–Crippen LogP) is 5.68. The molecule has 0 bridgehead atoms. The summed E-state index contributed by atoms with van der Waals surface area (Å²) in [5.41, 5.74) is 4.87. The number of carbonyl (C=O) groups is 3. The molecule has 0 saturated heterocycles. The molecule has 1 aliphatic carbocycles. The van der Waals surface area contributed by atoms with Crippen LogP contribution in [0.25, 0.3) is 11.1 Å². The molecule has 0 aromatic heterocycles. The lowest BCUT2D eigenvalue weighted by molar-refractivity contribution is -0.116. The first-order valence-electron chi connectivity index (χ1n) is 11.3. The van der Waals surface area contributed by atoms with Gasteiger partial charge in [0.1, 0.15) is 6.61 Å². The number of carbonyl (C=O) groups excluding carboxylic acids is 2. The molecule has 0 radical (unpaired) electrons. The van der Waals surface area contributed by atoms with Crippen molar-refractivity contribution in [3.05, 3.63) is 88.4 Å². The number of rotatable bonds is 8. The summed E-state index contributed by atoms with van der Waals surface area (Å²) in [6, 6.07) is 19.8. The van der Waals surface area contributed by atoms with Gasteiger partial charge in [0.25, 0.3) is 0 Å². The van der Waals surface area contributed by atoms with E-state index in [1.165, 1.54) is 18.2 Å². The Hall–Kier alpha value is -3.84. The molecule has 0 fully saturated rings. The van der Waals surface area contributed by atoms with Crippen molar-refractivity contribution in [1.29, 1.82) is 0 Å². The van der Waals surface area contributed by atoms with Gasteiger partial charge in [0.05, 0.1) is 16.3 Å². The van der Waals surface area contributed by atoms with E-state index in [0.29, 0.717) is 12.1 Å². The van der Waals surface area contributed by atoms with E-state index in [0.717, 1.165) is 22.3 Å². The van der Waals surface area contributed by atoms with E-state index < -0.39 is 18.1 Å². The summed E-state index contributed by atoms with van der Waals surface area (Å²) >= 11 is 6.08. The average molecular weight is 493 g/mol. The van der Waals surface area contributed by atoms with Crippen LogP contribution in [-0.4, -0.2) is 35.7 Å². The Kier molecular flexibility index (Phi) is 7.36. The summed E-state index contributed by atoms with van der Waals surface area (Å²) in [7, 11) is 0. The van der Waals surface area contributed by atoms with Crippen molar-refractivity contribution in [3.8, 4) is 11.1 Å².